The van der Waals surface area contributed by atoms with Gasteiger partial charge in [-0.3, -0.25) is 0 Å². The van der Waals surface area contributed by atoms with Crippen LogP contribution in [0.1, 0.15) is 18.0 Å². The highest BCUT2D eigenvalue weighted by molar-refractivity contribution is 9.10. The Morgan fingerprint density at radius 1 is 1.36 bits per heavy atom. The van der Waals surface area contributed by atoms with Crippen LogP contribution in [-0.4, -0.2) is 17.8 Å². The molecule has 0 bridgehead atoms. The topological polar surface area (TPSA) is 32.3 Å². The van der Waals surface area contributed by atoms with E-state index in [1.807, 2.05) is 24.3 Å². The molecule has 0 aliphatic carbocycles. The summed E-state index contributed by atoms with van der Waals surface area (Å²) >= 11 is 3.48. The van der Waals surface area contributed by atoms with Crippen LogP contribution in [0.25, 0.3) is 0 Å². The van der Waals surface area contributed by atoms with Crippen molar-refractivity contribution in [2.24, 2.45) is 0 Å². The van der Waals surface area contributed by atoms with E-state index in [0.717, 1.165) is 23.0 Å². The van der Waals surface area contributed by atoms with E-state index < -0.39 is 0 Å². The van der Waals surface area contributed by atoms with Crippen molar-refractivity contribution in [1.82, 2.24) is 5.32 Å². The molecule has 1 fully saturated rings. The van der Waals surface area contributed by atoms with Gasteiger partial charge in [0.2, 0.25) is 0 Å². The zero-order valence-corrected chi connectivity index (χ0v) is 10.0. The van der Waals surface area contributed by atoms with Crippen LogP contribution in [0.15, 0.2) is 28.7 Å². The number of aliphatic hydroxyl groups is 1. The van der Waals surface area contributed by atoms with Crippen molar-refractivity contribution in [3.05, 3.63) is 34.3 Å². The van der Waals surface area contributed by atoms with Gasteiger partial charge in [0.15, 0.2) is 0 Å². The molecule has 2 N–H and O–H groups in total. The summed E-state index contributed by atoms with van der Waals surface area (Å²) < 4.78 is 1.06. The second-order valence-electron chi connectivity index (χ2n) is 3.31. The van der Waals surface area contributed by atoms with E-state index in [1.165, 1.54) is 0 Å². The summed E-state index contributed by atoms with van der Waals surface area (Å²) in [6.07, 6.45) is 0.588. The summed E-state index contributed by atoms with van der Waals surface area (Å²) in [7, 11) is 0. The summed E-state index contributed by atoms with van der Waals surface area (Å²) in [6, 6.07) is 8.11. The van der Waals surface area contributed by atoms with Crippen molar-refractivity contribution in [2.45, 2.75) is 18.6 Å². The summed E-state index contributed by atoms with van der Waals surface area (Å²) in [5.41, 5.74) is 1.15. The zero-order chi connectivity index (χ0) is 9.26. The van der Waals surface area contributed by atoms with Crippen LogP contribution in [0.4, 0.5) is 0 Å². The largest absolute Gasteiger partial charge is 0.391 e. The van der Waals surface area contributed by atoms with Crippen LogP contribution in [0.3, 0.4) is 0 Å². The zero-order valence-electron chi connectivity index (χ0n) is 7.61. The van der Waals surface area contributed by atoms with Crippen molar-refractivity contribution in [3.8, 4) is 0 Å². The predicted molar refractivity (Wildman–Crippen MR) is 62.8 cm³/mol. The average molecular weight is 279 g/mol. The van der Waals surface area contributed by atoms with Crippen LogP contribution in [0, 0.1) is 0 Å². The first-order chi connectivity index (χ1) is 6.29. The fourth-order valence-electron chi connectivity index (χ4n) is 1.73. The molecule has 1 aromatic rings. The third kappa shape index (κ3) is 2.28. The number of aliphatic hydroxyl groups excluding tert-OH is 1. The maximum absolute atomic E-state index is 9.68. The van der Waals surface area contributed by atoms with Gasteiger partial charge in [-0.05, 0) is 24.6 Å². The molecule has 1 aromatic carbocycles. The van der Waals surface area contributed by atoms with Gasteiger partial charge >= 0.3 is 0 Å². The lowest BCUT2D eigenvalue weighted by atomic mass is 10.0. The average Bonchev–Trinajstić information content (AvgIpc) is 2.52. The molecule has 2 atom stereocenters. The summed E-state index contributed by atoms with van der Waals surface area (Å²) in [6.45, 7) is 0.896. The lowest BCUT2D eigenvalue weighted by molar-refractivity contribution is 0.160. The minimum Gasteiger partial charge on any atom is -0.391 e. The number of hydrogen-bond acceptors (Lipinski definition) is 2. The normalized spacial score (nSPS) is 25.9. The lowest BCUT2D eigenvalue weighted by Gasteiger charge is -2.16. The molecule has 0 spiro atoms. The van der Waals surface area contributed by atoms with Crippen LogP contribution in [0.5, 0.6) is 0 Å². The second kappa shape index (κ2) is 5.12. The third-order valence-electron chi connectivity index (χ3n) is 2.43. The molecule has 14 heavy (non-hydrogen) atoms. The molecule has 2 rings (SSSR count). The Kier molecular flexibility index (Phi) is 4.38. The maximum Gasteiger partial charge on any atom is 0.0747 e. The molecular formula is C10H13BrClNO. The molecule has 2 unspecified atom stereocenters. The highest BCUT2D eigenvalue weighted by Crippen LogP contribution is 2.29. The molecule has 1 aliphatic rings. The molecule has 4 heteroatoms. The van der Waals surface area contributed by atoms with E-state index >= 15 is 0 Å². The van der Waals surface area contributed by atoms with E-state index in [-0.39, 0.29) is 24.6 Å². The Labute approximate surface area is 98.3 Å². The minimum absolute atomic E-state index is 0. The third-order valence-corrected chi connectivity index (χ3v) is 3.15. The standard InChI is InChI=1S/C10H12BrNO.ClH/c11-8-4-2-1-3-7(8)10-9(13)5-6-12-10;/h1-4,9-10,12-13H,5-6H2;1H. The number of nitrogens with one attached hydrogen (secondary N) is 1. The molecule has 78 valence electrons. The van der Waals surface area contributed by atoms with Crippen molar-refractivity contribution in [3.63, 3.8) is 0 Å². The van der Waals surface area contributed by atoms with Gasteiger partial charge in [-0.15, -0.1) is 12.4 Å². The number of hydrogen-bond donors (Lipinski definition) is 2. The molecule has 0 aromatic heterocycles. The monoisotopic (exact) mass is 277 g/mol. The summed E-state index contributed by atoms with van der Waals surface area (Å²) in [4.78, 5) is 0. The van der Waals surface area contributed by atoms with E-state index in [9.17, 15) is 5.11 Å². The number of halogens is 2. The van der Waals surface area contributed by atoms with Gasteiger partial charge in [-0.1, -0.05) is 34.1 Å². The first kappa shape index (κ1) is 12.0. The highest BCUT2D eigenvalue weighted by Gasteiger charge is 2.27. The highest BCUT2D eigenvalue weighted by atomic mass is 79.9. The minimum atomic E-state index is -0.251. The summed E-state index contributed by atoms with van der Waals surface area (Å²) in [5.74, 6) is 0. The molecule has 2 nitrogen and oxygen atoms in total. The quantitative estimate of drug-likeness (QED) is 0.826. The first-order valence-corrected chi connectivity index (χ1v) is 5.24. The first-order valence-electron chi connectivity index (χ1n) is 4.45. The van der Waals surface area contributed by atoms with Gasteiger partial charge in [-0.25, -0.2) is 0 Å². The lowest BCUT2D eigenvalue weighted by Crippen LogP contribution is -2.21. The summed E-state index contributed by atoms with van der Waals surface area (Å²) in [5, 5.41) is 13.0. The van der Waals surface area contributed by atoms with Crippen LogP contribution in [0.2, 0.25) is 0 Å². The van der Waals surface area contributed by atoms with E-state index in [1.54, 1.807) is 0 Å². The van der Waals surface area contributed by atoms with Crippen molar-refractivity contribution in [2.75, 3.05) is 6.54 Å². The fraction of sp³-hybridized carbons (Fsp3) is 0.400. The Morgan fingerprint density at radius 2 is 2.07 bits per heavy atom. The van der Waals surface area contributed by atoms with Gasteiger partial charge in [-0.2, -0.15) is 0 Å². The molecule has 1 heterocycles. The van der Waals surface area contributed by atoms with Gasteiger partial charge < -0.3 is 10.4 Å². The van der Waals surface area contributed by atoms with Crippen LogP contribution >= 0.6 is 28.3 Å². The van der Waals surface area contributed by atoms with Gasteiger partial charge in [0.1, 0.15) is 0 Å². The van der Waals surface area contributed by atoms with Gasteiger partial charge in [0, 0.05) is 4.47 Å². The maximum atomic E-state index is 9.68. The molecular weight excluding hydrogens is 265 g/mol. The number of benzene rings is 1. The van der Waals surface area contributed by atoms with Gasteiger partial charge in [0.05, 0.1) is 12.1 Å². The molecule has 0 radical (unpaired) electrons. The van der Waals surface area contributed by atoms with Crippen LogP contribution in [-0.2, 0) is 0 Å². The van der Waals surface area contributed by atoms with Crippen LogP contribution < -0.4 is 5.32 Å². The fourth-order valence-corrected chi connectivity index (χ4v) is 2.27. The van der Waals surface area contributed by atoms with Crippen molar-refractivity contribution < 1.29 is 5.11 Å². The smallest absolute Gasteiger partial charge is 0.0747 e. The molecule has 1 saturated heterocycles. The Balaban J connectivity index is 0.000000980. The predicted octanol–water partition coefficient (Wildman–Crippen LogP) is 2.27. The van der Waals surface area contributed by atoms with E-state index in [0.29, 0.717) is 0 Å². The Morgan fingerprint density at radius 3 is 2.64 bits per heavy atom. The van der Waals surface area contributed by atoms with Crippen molar-refractivity contribution in [1.29, 1.82) is 0 Å². The molecule has 0 saturated carbocycles. The molecule has 1 aliphatic heterocycles. The Bertz CT molecular complexity index is 308. The van der Waals surface area contributed by atoms with Crippen molar-refractivity contribution >= 4 is 28.3 Å². The SMILES string of the molecule is Cl.OC1CCNC1c1ccccc1Br. The second-order valence-corrected chi connectivity index (χ2v) is 4.16. The van der Waals surface area contributed by atoms with E-state index in [4.69, 9.17) is 0 Å². The molecule has 0 amide bonds. The van der Waals surface area contributed by atoms with Gasteiger partial charge in [0.25, 0.3) is 0 Å². The van der Waals surface area contributed by atoms with E-state index in [2.05, 4.69) is 21.2 Å². The number of rotatable bonds is 1. The Hall–Kier alpha value is -0.0900.